The number of halogens is 5. The molecule has 3 nitrogen and oxygen atoms in total. The summed E-state index contributed by atoms with van der Waals surface area (Å²) in [6.07, 6.45) is 0. The minimum absolute atomic E-state index is 0.0595. The fraction of sp³-hybridized carbons (Fsp3) is 0. The highest BCUT2D eigenvalue weighted by atomic mass is 19.2. The molecule has 0 spiro atoms. The second-order valence-corrected chi connectivity index (χ2v) is 13.8. The van der Waals surface area contributed by atoms with Crippen LogP contribution in [0.4, 0.5) is 22.0 Å². The molecule has 10 rings (SSSR count). The van der Waals surface area contributed by atoms with E-state index in [0.717, 1.165) is 43.8 Å². The summed E-state index contributed by atoms with van der Waals surface area (Å²) in [5, 5.41) is 14.1. The Hall–Kier alpha value is -7.50. The first-order valence-corrected chi connectivity index (χ1v) is 18.1. The van der Waals surface area contributed by atoms with Gasteiger partial charge >= 0.3 is 0 Å². The lowest BCUT2D eigenvalue weighted by atomic mass is 9.97. The van der Waals surface area contributed by atoms with Crippen LogP contribution in [0.1, 0.15) is 5.56 Å². The smallest absolute Gasteiger partial charge is 0.200 e. The average molecular weight is 752 g/mol. The Labute approximate surface area is 322 Å². The number of benzene rings is 8. The van der Waals surface area contributed by atoms with E-state index in [0.29, 0.717) is 22.1 Å². The molecule has 0 saturated heterocycles. The average Bonchev–Trinajstić information content (AvgIpc) is 3.77. The molecular formula is C49H26F5N3. The molecular weight excluding hydrogens is 726 g/mol. The lowest BCUT2D eigenvalue weighted by Crippen LogP contribution is -2.08. The van der Waals surface area contributed by atoms with Gasteiger partial charge in [0.1, 0.15) is 6.07 Å². The summed E-state index contributed by atoms with van der Waals surface area (Å²) in [5.74, 6) is -10.4. The van der Waals surface area contributed by atoms with E-state index in [1.54, 1.807) is 15.2 Å². The quantitative estimate of drug-likeness (QED) is 0.0979. The van der Waals surface area contributed by atoms with E-state index < -0.39 is 34.6 Å². The van der Waals surface area contributed by atoms with Crippen molar-refractivity contribution in [1.29, 1.82) is 5.26 Å². The van der Waals surface area contributed by atoms with Gasteiger partial charge in [0, 0.05) is 27.1 Å². The predicted molar refractivity (Wildman–Crippen MR) is 216 cm³/mol. The van der Waals surface area contributed by atoms with Gasteiger partial charge < -0.3 is 9.13 Å². The Bertz CT molecular complexity index is 3280. The third-order valence-corrected chi connectivity index (χ3v) is 10.8. The first-order chi connectivity index (χ1) is 27.8. The number of nitrogens with zero attached hydrogens (tertiary/aromatic N) is 3. The molecule has 0 bridgehead atoms. The van der Waals surface area contributed by atoms with E-state index in [9.17, 15) is 9.65 Å². The van der Waals surface area contributed by atoms with Crippen LogP contribution in [0.2, 0.25) is 0 Å². The largest absolute Gasteiger partial charge is 0.309 e. The van der Waals surface area contributed by atoms with E-state index in [1.165, 1.54) is 12.1 Å². The van der Waals surface area contributed by atoms with Gasteiger partial charge in [-0.15, -0.1) is 0 Å². The van der Waals surface area contributed by atoms with Crippen molar-refractivity contribution in [3.05, 3.63) is 192 Å². The third-order valence-electron chi connectivity index (χ3n) is 10.8. The minimum atomic E-state index is -2.26. The molecule has 0 aliphatic heterocycles. The normalized spacial score (nSPS) is 11.6. The maximum absolute atomic E-state index is 16.1. The molecule has 10 aromatic rings. The van der Waals surface area contributed by atoms with Crippen LogP contribution < -0.4 is 0 Å². The molecule has 0 saturated carbocycles. The van der Waals surface area contributed by atoms with E-state index >= 15 is 17.6 Å². The van der Waals surface area contributed by atoms with Gasteiger partial charge in [-0.05, 0) is 70.8 Å². The number of para-hydroxylation sites is 2. The Morgan fingerprint density at radius 2 is 0.789 bits per heavy atom. The summed E-state index contributed by atoms with van der Waals surface area (Å²) >= 11 is 0. The molecule has 8 aromatic carbocycles. The third kappa shape index (κ3) is 5.16. The number of nitriles is 1. The minimum Gasteiger partial charge on any atom is -0.309 e. The monoisotopic (exact) mass is 751 g/mol. The number of hydrogen-bond donors (Lipinski definition) is 0. The van der Waals surface area contributed by atoms with Crippen LogP contribution in [0.3, 0.4) is 0 Å². The van der Waals surface area contributed by atoms with Crippen LogP contribution >= 0.6 is 0 Å². The Kier molecular flexibility index (Phi) is 7.80. The molecule has 0 unspecified atom stereocenters. The summed E-state index contributed by atoms with van der Waals surface area (Å²) in [6, 6.07) is 51.3. The molecule has 0 fully saturated rings. The van der Waals surface area contributed by atoms with Crippen molar-refractivity contribution in [1.82, 2.24) is 9.13 Å². The summed E-state index contributed by atoms with van der Waals surface area (Å²) in [4.78, 5) is 0. The van der Waals surface area contributed by atoms with Crippen LogP contribution in [0.15, 0.2) is 158 Å². The van der Waals surface area contributed by atoms with Crippen molar-refractivity contribution in [2.75, 3.05) is 0 Å². The summed E-state index contributed by atoms with van der Waals surface area (Å²) in [7, 11) is 0. The molecule has 57 heavy (non-hydrogen) atoms. The molecule has 0 atom stereocenters. The van der Waals surface area contributed by atoms with Crippen LogP contribution in [0.25, 0.3) is 88.4 Å². The zero-order valence-corrected chi connectivity index (χ0v) is 29.7. The van der Waals surface area contributed by atoms with Gasteiger partial charge in [0.05, 0.1) is 44.6 Å². The molecule has 0 amide bonds. The maximum Gasteiger partial charge on any atom is 0.200 e. The standard InChI is InChI=1S/C49H26F5N3/c50-45-44(46(51)48(53)49(54)47(45)52)37-26-42(56-38-17-9-7-15-33(38)35-23-30(19-21-40(35)56)28-11-3-1-4-12-28)32(27-55)25-43(37)57-39-18-10-8-16-34(39)36-24-31(20-22-41(36)57)29-13-5-2-6-14-29/h1-26H. The van der Waals surface area contributed by atoms with Gasteiger partial charge in [-0.1, -0.05) is 109 Å². The van der Waals surface area contributed by atoms with E-state index in [4.69, 9.17) is 0 Å². The summed E-state index contributed by atoms with van der Waals surface area (Å²) in [6.45, 7) is 0. The molecule has 0 aliphatic rings. The second-order valence-electron chi connectivity index (χ2n) is 13.8. The summed E-state index contributed by atoms with van der Waals surface area (Å²) < 4.78 is 80.8. The van der Waals surface area contributed by atoms with Crippen LogP contribution in [0, 0.1) is 40.4 Å². The van der Waals surface area contributed by atoms with Crippen molar-refractivity contribution in [2.24, 2.45) is 0 Å². The first kappa shape index (κ1) is 34.0. The van der Waals surface area contributed by atoms with E-state index in [2.05, 4.69) is 6.07 Å². The topological polar surface area (TPSA) is 33.6 Å². The lowest BCUT2D eigenvalue weighted by molar-refractivity contribution is 0.381. The Morgan fingerprint density at radius 3 is 1.28 bits per heavy atom. The van der Waals surface area contributed by atoms with Crippen molar-refractivity contribution < 1.29 is 22.0 Å². The highest BCUT2D eigenvalue weighted by molar-refractivity contribution is 6.12. The zero-order valence-electron chi connectivity index (χ0n) is 29.7. The molecule has 2 aromatic heterocycles. The van der Waals surface area contributed by atoms with Crippen LogP contribution in [0.5, 0.6) is 0 Å². The van der Waals surface area contributed by atoms with E-state index in [1.807, 2.05) is 140 Å². The van der Waals surface area contributed by atoms with Gasteiger partial charge in [0.25, 0.3) is 0 Å². The molecule has 0 aliphatic carbocycles. The van der Waals surface area contributed by atoms with Crippen LogP contribution in [-0.4, -0.2) is 9.13 Å². The van der Waals surface area contributed by atoms with Gasteiger partial charge in [-0.25, -0.2) is 22.0 Å². The SMILES string of the molecule is N#Cc1cc(-n2c3ccccc3c3cc(-c4ccccc4)ccc32)c(-c2c(F)c(F)c(F)c(F)c2F)cc1-n1c2ccccc2c2cc(-c3ccccc3)ccc21. The van der Waals surface area contributed by atoms with Crippen molar-refractivity contribution in [3.63, 3.8) is 0 Å². The number of aromatic nitrogens is 2. The highest BCUT2D eigenvalue weighted by Gasteiger charge is 2.30. The highest BCUT2D eigenvalue weighted by Crippen LogP contribution is 2.44. The molecule has 8 heteroatoms. The number of hydrogen-bond acceptors (Lipinski definition) is 1. The fourth-order valence-electron chi connectivity index (χ4n) is 8.16. The number of fused-ring (bicyclic) bond motifs is 6. The van der Waals surface area contributed by atoms with Crippen molar-refractivity contribution in [3.8, 4) is 50.8 Å². The molecule has 272 valence electrons. The van der Waals surface area contributed by atoms with Gasteiger partial charge in [0.2, 0.25) is 5.82 Å². The summed E-state index contributed by atoms with van der Waals surface area (Å²) in [5.41, 5.74) is 5.35. The Morgan fingerprint density at radius 1 is 0.368 bits per heavy atom. The van der Waals surface area contributed by atoms with Gasteiger partial charge in [-0.3, -0.25) is 0 Å². The number of rotatable bonds is 5. The molecule has 0 radical (unpaired) electrons. The zero-order chi connectivity index (χ0) is 38.9. The Balaban J connectivity index is 1.32. The first-order valence-electron chi connectivity index (χ1n) is 18.1. The van der Waals surface area contributed by atoms with E-state index in [-0.39, 0.29) is 22.5 Å². The van der Waals surface area contributed by atoms with Crippen molar-refractivity contribution in [2.45, 2.75) is 0 Å². The molecule has 0 N–H and O–H groups in total. The second kappa shape index (κ2) is 13.1. The van der Waals surface area contributed by atoms with Gasteiger partial charge in [0.15, 0.2) is 23.3 Å². The van der Waals surface area contributed by atoms with Crippen LogP contribution in [-0.2, 0) is 0 Å². The maximum atomic E-state index is 16.1. The van der Waals surface area contributed by atoms with Gasteiger partial charge in [-0.2, -0.15) is 5.26 Å². The van der Waals surface area contributed by atoms with Crippen molar-refractivity contribution >= 4 is 43.6 Å². The predicted octanol–water partition coefficient (Wildman–Crippen LogP) is 13.4. The molecule has 2 heterocycles. The fourth-order valence-corrected chi connectivity index (χ4v) is 8.16. The lowest BCUT2D eigenvalue weighted by Gasteiger charge is -2.20.